The number of nitrogens with one attached hydrogen (secondary N) is 1. The minimum Gasteiger partial charge on any atom is -0.507 e. The molecule has 0 aromatic heterocycles. The van der Waals surface area contributed by atoms with E-state index < -0.39 is 0 Å². The Morgan fingerprint density at radius 1 is 1.04 bits per heavy atom. The van der Waals surface area contributed by atoms with Gasteiger partial charge in [-0.15, -0.1) is 0 Å². The molecule has 1 atom stereocenters. The molecule has 0 aliphatic carbocycles. The van der Waals surface area contributed by atoms with Gasteiger partial charge in [0.1, 0.15) is 24.6 Å². The van der Waals surface area contributed by atoms with E-state index in [0.29, 0.717) is 5.75 Å². The first kappa shape index (κ1) is 16.8. The van der Waals surface area contributed by atoms with Crippen molar-refractivity contribution in [2.45, 2.75) is 13.1 Å². The van der Waals surface area contributed by atoms with Crippen LogP contribution in [-0.4, -0.2) is 19.3 Å². The number of hydrogen-bond donors (Lipinski definition) is 2. The minimum absolute atomic E-state index is 0.356. The number of rotatable bonds is 5. The first-order chi connectivity index (χ1) is 11.6. The number of phenols is 1. The molecule has 3 nitrogen and oxygen atoms in total. The standard InChI is InChI=1S/C20H20BrNO2/c1-22(12-15-11-16(21)8-10-20(15)24-2)13-18-17-6-4-3-5-14(17)7-9-19(18)23/h3-11,23H,12-13H2,1-2H3/p+1. The molecule has 0 spiro atoms. The van der Waals surface area contributed by atoms with Gasteiger partial charge in [-0.2, -0.15) is 0 Å². The summed E-state index contributed by atoms with van der Waals surface area (Å²) in [5.41, 5.74) is 2.13. The predicted molar refractivity (Wildman–Crippen MR) is 101 cm³/mol. The van der Waals surface area contributed by atoms with Crippen molar-refractivity contribution in [1.82, 2.24) is 0 Å². The van der Waals surface area contributed by atoms with E-state index in [2.05, 4.69) is 41.2 Å². The van der Waals surface area contributed by atoms with Crippen LogP contribution >= 0.6 is 15.9 Å². The Kier molecular flexibility index (Phi) is 5.07. The SMILES string of the molecule is COc1ccc(Br)cc1C[NH+](C)Cc1c(O)ccc2ccccc12. The Morgan fingerprint density at radius 2 is 1.83 bits per heavy atom. The molecule has 124 valence electrons. The monoisotopic (exact) mass is 386 g/mol. The first-order valence-corrected chi connectivity index (χ1v) is 8.71. The summed E-state index contributed by atoms with van der Waals surface area (Å²) in [6, 6.07) is 18.0. The molecule has 2 N–H and O–H groups in total. The first-order valence-electron chi connectivity index (χ1n) is 7.92. The average molecular weight is 387 g/mol. The molecule has 0 saturated carbocycles. The normalized spacial score (nSPS) is 12.3. The molecule has 0 radical (unpaired) electrons. The van der Waals surface area contributed by atoms with Crippen LogP contribution in [0.5, 0.6) is 11.5 Å². The Labute approximate surface area is 150 Å². The lowest BCUT2D eigenvalue weighted by Crippen LogP contribution is -3.06. The van der Waals surface area contributed by atoms with Gasteiger partial charge < -0.3 is 14.7 Å². The molecule has 3 aromatic rings. The molecule has 3 rings (SSSR count). The molecular weight excluding hydrogens is 366 g/mol. The number of ether oxygens (including phenoxy) is 1. The van der Waals surface area contributed by atoms with E-state index in [9.17, 15) is 5.11 Å². The lowest BCUT2D eigenvalue weighted by molar-refractivity contribution is -0.907. The van der Waals surface area contributed by atoms with Crippen molar-refractivity contribution in [3.63, 3.8) is 0 Å². The number of phenolic OH excluding ortho intramolecular Hbond substituents is 1. The third-order valence-corrected chi connectivity index (χ3v) is 4.72. The molecule has 0 amide bonds. The van der Waals surface area contributed by atoms with Gasteiger partial charge in [0.2, 0.25) is 0 Å². The van der Waals surface area contributed by atoms with Crippen LogP contribution in [0.1, 0.15) is 11.1 Å². The van der Waals surface area contributed by atoms with Crippen molar-refractivity contribution in [3.8, 4) is 11.5 Å². The molecule has 0 aliphatic heterocycles. The van der Waals surface area contributed by atoms with Gasteiger partial charge in [-0.1, -0.05) is 46.3 Å². The summed E-state index contributed by atoms with van der Waals surface area (Å²) in [5, 5.41) is 12.6. The Balaban J connectivity index is 1.87. The third-order valence-electron chi connectivity index (χ3n) is 4.23. The van der Waals surface area contributed by atoms with Gasteiger partial charge in [-0.25, -0.2) is 0 Å². The summed E-state index contributed by atoms with van der Waals surface area (Å²) in [7, 11) is 3.82. The van der Waals surface area contributed by atoms with Crippen LogP contribution in [0.4, 0.5) is 0 Å². The van der Waals surface area contributed by atoms with E-state index in [4.69, 9.17) is 4.74 Å². The van der Waals surface area contributed by atoms with Gasteiger partial charge in [0, 0.05) is 10.0 Å². The van der Waals surface area contributed by atoms with Crippen molar-refractivity contribution in [1.29, 1.82) is 0 Å². The Morgan fingerprint density at radius 3 is 2.62 bits per heavy atom. The molecule has 0 fully saturated rings. The molecule has 3 aromatic carbocycles. The second kappa shape index (κ2) is 7.24. The highest BCUT2D eigenvalue weighted by Crippen LogP contribution is 2.27. The summed E-state index contributed by atoms with van der Waals surface area (Å²) < 4.78 is 6.50. The summed E-state index contributed by atoms with van der Waals surface area (Å²) in [6.45, 7) is 1.55. The van der Waals surface area contributed by atoms with E-state index in [1.54, 1.807) is 13.2 Å². The third kappa shape index (κ3) is 3.55. The fourth-order valence-electron chi connectivity index (χ4n) is 3.08. The molecular formula is C20H21BrNO2+. The molecule has 0 aliphatic rings. The predicted octanol–water partition coefficient (Wildman–Crippen LogP) is 3.53. The number of hydrogen-bond acceptors (Lipinski definition) is 2. The zero-order chi connectivity index (χ0) is 17.1. The van der Waals surface area contributed by atoms with Crippen molar-refractivity contribution in [2.24, 2.45) is 0 Å². The van der Waals surface area contributed by atoms with Crippen LogP contribution in [-0.2, 0) is 13.1 Å². The second-order valence-electron chi connectivity index (χ2n) is 6.05. The van der Waals surface area contributed by atoms with Crippen LogP contribution in [0.15, 0.2) is 59.1 Å². The zero-order valence-corrected chi connectivity index (χ0v) is 15.4. The van der Waals surface area contributed by atoms with E-state index in [1.165, 1.54) is 4.90 Å². The fourth-order valence-corrected chi connectivity index (χ4v) is 3.49. The Hall–Kier alpha value is -2.04. The van der Waals surface area contributed by atoms with Crippen LogP contribution in [0.2, 0.25) is 0 Å². The van der Waals surface area contributed by atoms with Crippen LogP contribution in [0.3, 0.4) is 0 Å². The highest BCUT2D eigenvalue weighted by Gasteiger charge is 2.15. The summed E-state index contributed by atoms with van der Waals surface area (Å²) in [5.74, 6) is 1.24. The Bertz CT molecular complexity index is 863. The minimum atomic E-state index is 0.356. The number of aromatic hydroxyl groups is 1. The number of quaternary nitrogens is 1. The van der Waals surface area contributed by atoms with Crippen molar-refractivity contribution < 1.29 is 14.7 Å². The van der Waals surface area contributed by atoms with Crippen LogP contribution in [0, 0.1) is 0 Å². The maximum absolute atomic E-state index is 10.3. The van der Waals surface area contributed by atoms with Gasteiger partial charge in [0.25, 0.3) is 0 Å². The quantitative estimate of drug-likeness (QED) is 0.703. The fraction of sp³-hybridized carbons (Fsp3) is 0.200. The number of benzene rings is 3. The lowest BCUT2D eigenvalue weighted by atomic mass is 10.0. The summed E-state index contributed by atoms with van der Waals surface area (Å²) >= 11 is 3.52. The van der Waals surface area contributed by atoms with E-state index >= 15 is 0 Å². The lowest BCUT2D eigenvalue weighted by Gasteiger charge is -2.18. The maximum Gasteiger partial charge on any atom is 0.127 e. The summed E-state index contributed by atoms with van der Waals surface area (Å²) in [4.78, 5) is 1.28. The molecule has 1 unspecified atom stereocenters. The molecule has 0 saturated heterocycles. The number of methoxy groups -OCH3 is 1. The molecule has 0 bridgehead atoms. The highest BCUT2D eigenvalue weighted by atomic mass is 79.9. The maximum atomic E-state index is 10.3. The van der Waals surface area contributed by atoms with Crippen LogP contribution in [0.25, 0.3) is 10.8 Å². The van der Waals surface area contributed by atoms with Crippen molar-refractivity contribution in [3.05, 3.63) is 70.2 Å². The molecule has 4 heteroatoms. The van der Waals surface area contributed by atoms with Gasteiger partial charge in [0.15, 0.2) is 0 Å². The van der Waals surface area contributed by atoms with Crippen LogP contribution < -0.4 is 9.64 Å². The summed E-state index contributed by atoms with van der Waals surface area (Å²) in [6.07, 6.45) is 0. The van der Waals surface area contributed by atoms with E-state index in [1.807, 2.05) is 30.3 Å². The molecule has 0 heterocycles. The van der Waals surface area contributed by atoms with Crippen molar-refractivity contribution >= 4 is 26.7 Å². The van der Waals surface area contributed by atoms with Gasteiger partial charge in [0.05, 0.1) is 19.7 Å². The van der Waals surface area contributed by atoms with Gasteiger partial charge in [-0.05, 0) is 35.0 Å². The smallest absolute Gasteiger partial charge is 0.127 e. The second-order valence-corrected chi connectivity index (χ2v) is 6.97. The average Bonchev–Trinajstić information content (AvgIpc) is 2.58. The van der Waals surface area contributed by atoms with E-state index in [0.717, 1.165) is 45.2 Å². The zero-order valence-electron chi connectivity index (χ0n) is 13.8. The van der Waals surface area contributed by atoms with E-state index in [-0.39, 0.29) is 0 Å². The largest absolute Gasteiger partial charge is 0.507 e. The van der Waals surface area contributed by atoms with Gasteiger partial charge in [-0.3, -0.25) is 0 Å². The van der Waals surface area contributed by atoms with Gasteiger partial charge >= 0.3 is 0 Å². The van der Waals surface area contributed by atoms with Crippen molar-refractivity contribution in [2.75, 3.05) is 14.2 Å². The number of fused-ring (bicyclic) bond motifs is 1. The highest BCUT2D eigenvalue weighted by molar-refractivity contribution is 9.10. The number of halogens is 1. The topological polar surface area (TPSA) is 33.9 Å². The molecule has 24 heavy (non-hydrogen) atoms.